The lowest BCUT2D eigenvalue weighted by Crippen LogP contribution is -2.28. The minimum Gasteiger partial charge on any atom is -0.494 e. The molecule has 3 atom stereocenters. The van der Waals surface area contributed by atoms with Gasteiger partial charge in [-0.15, -0.1) is 0 Å². The molecule has 0 aliphatic carbocycles. The molecule has 1 N–H and O–H groups in total. The summed E-state index contributed by atoms with van der Waals surface area (Å²) in [5, 5.41) is 3.60. The van der Waals surface area contributed by atoms with Crippen LogP contribution in [0.4, 0.5) is 0 Å². The van der Waals surface area contributed by atoms with E-state index in [2.05, 4.69) is 37.4 Å². The molecule has 0 saturated carbocycles. The molecule has 0 bridgehead atoms. The maximum absolute atomic E-state index is 5.72. The van der Waals surface area contributed by atoms with Gasteiger partial charge in [-0.1, -0.05) is 19.1 Å². The monoisotopic (exact) mass is 263 g/mol. The van der Waals surface area contributed by atoms with Crippen molar-refractivity contribution in [2.75, 3.05) is 19.8 Å². The summed E-state index contributed by atoms with van der Waals surface area (Å²) in [5.41, 5.74) is 1.30. The van der Waals surface area contributed by atoms with Gasteiger partial charge in [0.2, 0.25) is 0 Å². The largest absolute Gasteiger partial charge is 0.494 e. The van der Waals surface area contributed by atoms with E-state index in [1.54, 1.807) is 0 Å². The molecule has 1 heterocycles. The lowest BCUT2D eigenvalue weighted by molar-refractivity contribution is 0.117. The van der Waals surface area contributed by atoms with E-state index in [0.29, 0.717) is 24.7 Å². The van der Waals surface area contributed by atoms with Crippen LogP contribution in [0.25, 0.3) is 0 Å². The second-order valence-corrected chi connectivity index (χ2v) is 5.18. The van der Waals surface area contributed by atoms with Gasteiger partial charge in [-0.2, -0.15) is 0 Å². The fraction of sp³-hybridized carbons (Fsp3) is 0.625. The van der Waals surface area contributed by atoms with E-state index in [1.165, 1.54) is 5.56 Å². The van der Waals surface area contributed by atoms with Crippen molar-refractivity contribution in [2.24, 2.45) is 5.92 Å². The first-order chi connectivity index (χ1) is 9.24. The highest BCUT2D eigenvalue weighted by Crippen LogP contribution is 2.32. The predicted molar refractivity (Wildman–Crippen MR) is 77.5 cm³/mol. The molecule has 106 valence electrons. The van der Waals surface area contributed by atoms with Crippen LogP contribution in [0.1, 0.15) is 38.8 Å². The van der Waals surface area contributed by atoms with Crippen molar-refractivity contribution >= 4 is 0 Å². The van der Waals surface area contributed by atoms with Gasteiger partial charge < -0.3 is 14.8 Å². The van der Waals surface area contributed by atoms with E-state index in [4.69, 9.17) is 9.47 Å². The highest BCUT2D eigenvalue weighted by Gasteiger charge is 2.30. The fourth-order valence-corrected chi connectivity index (χ4v) is 2.82. The van der Waals surface area contributed by atoms with Crippen molar-refractivity contribution < 1.29 is 9.47 Å². The van der Waals surface area contributed by atoms with Gasteiger partial charge in [-0.25, -0.2) is 0 Å². The van der Waals surface area contributed by atoms with Crippen molar-refractivity contribution in [3.8, 4) is 5.75 Å². The minimum absolute atomic E-state index is 0.357. The highest BCUT2D eigenvalue weighted by molar-refractivity contribution is 5.31. The van der Waals surface area contributed by atoms with Crippen molar-refractivity contribution in [3.63, 3.8) is 0 Å². The fourth-order valence-electron chi connectivity index (χ4n) is 2.82. The van der Waals surface area contributed by atoms with E-state index in [1.807, 2.05) is 13.0 Å². The van der Waals surface area contributed by atoms with Crippen LogP contribution in [0.2, 0.25) is 0 Å². The minimum atomic E-state index is 0.357. The Bertz CT molecular complexity index is 394. The summed E-state index contributed by atoms with van der Waals surface area (Å²) in [5.74, 6) is 1.50. The van der Waals surface area contributed by atoms with E-state index in [9.17, 15) is 0 Å². The molecular weight excluding hydrogens is 238 g/mol. The van der Waals surface area contributed by atoms with Gasteiger partial charge in [0.1, 0.15) is 5.75 Å². The maximum Gasteiger partial charge on any atom is 0.119 e. The molecule has 0 spiro atoms. The maximum atomic E-state index is 5.72. The molecule has 0 amide bonds. The molecule has 2 rings (SSSR count). The Labute approximate surface area is 116 Å². The normalized spacial score (nSPS) is 24.4. The molecule has 3 heteroatoms. The van der Waals surface area contributed by atoms with Crippen LogP contribution in [-0.2, 0) is 4.74 Å². The Kier molecular flexibility index (Phi) is 5.23. The Morgan fingerprint density at radius 3 is 2.89 bits per heavy atom. The second-order valence-electron chi connectivity index (χ2n) is 5.18. The van der Waals surface area contributed by atoms with Gasteiger partial charge >= 0.3 is 0 Å². The first kappa shape index (κ1) is 14.4. The van der Waals surface area contributed by atoms with Crippen molar-refractivity contribution in [1.29, 1.82) is 0 Å². The standard InChI is InChI=1S/C16H25NO2/c1-4-17-16(14-9-12(3)19-11-14)13-7-6-8-15(10-13)18-5-2/h6-8,10,12,14,16-17H,4-5,9,11H2,1-3H3. The van der Waals surface area contributed by atoms with Crippen LogP contribution in [0.5, 0.6) is 5.75 Å². The lowest BCUT2D eigenvalue weighted by Gasteiger charge is -2.24. The Balaban J connectivity index is 2.15. The zero-order valence-electron chi connectivity index (χ0n) is 12.2. The quantitative estimate of drug-likeness (QED) is 0.855. The molecule has 1 saturated heterocycles. The van der Waals surface area contributed by atoms with E-state index in [0.717, 1.165) is 25.3 Å². The average molecular weight is 263 g/mol. The van der Waals surface area contributed by atoms with Crippen molar-refractivity contribution in [2.45, 2.75) is 39.3 Å². The third-order valence-corrected chi connectivity index (χ3v) is 3.65. The molecule has 3 unspecified atom stereocenters. The molecule has 0 aromatic heterocycles. The van der Waals surface area contributed by atoms with Crippen LogP contribution >= 0.6 is 0 Å². The molecular formula is C16H25NO2. The molecule has 1 aromatic carbocycles. The number of hydrogen-bond acceptors (Lipinski definition) is 3. The van der Waals surface area contributed by atoms with E-state index in [-0.39, 0.29) is 0 Å². The Morgan fingerprint density at radius 1 is 1.42 bits per heavy atom. The summed E-state index contributed by atoms with van der Waals surface area (Å²) >= 11 is 0. The summed E-state index contributed by atoms with van der Waals surface area (Å²) < 4.78 is 11.3. The van der Waals surface area contributed by atoms with Crippen molar-refractivity contribution in [1.82, 2.24) is 5.32 Å². The van der Waals surface area contributed by atoms with Crippen LogP contribution in [0.3, 0.4) is 0 Å². The Morgan fingerprint density at radius 2 is 2.26 bits per heavy atom. The summed E-state index contributed by atoms with van der Waals surface area (Å²) in [6, 6.07) is 8.78. The van der Waals surface area contributed by atoms with Gasteiger partial charge in [-0.3, -0.25) is 0 Å². The predicted octanol–water partition coefficient (Wildman–Crippen LogP) is 3.16. The number of benzene rings is 1. The van der Waals surface area contributed by atoms with E-state index >= 15 is 0 Å². The van der Waals surface area contributed by atoms with Gasteiger partial charge in [0.05, 0.1) is 19.3 Å². The van der Waals surface area contributed by atoms with Crippen LogP contribution in [-0.4, -0.2) is 25.9 Å². The van der Waals surface area contributed by atoms with Crippen LogP contribution in [0, 0.1) is 5.92 Å². The van der Waals surface area contributed by atoms with Gasteiger partial charge in [0, 0.05) is 12.0 Å². The lowest BCUT2D eigenvalue weighted by atomic mass is 9.91. The third-order valence-electron chi connectivity index (χ3n) is 3.65. The third kappa shape index (κ3) is 3.71. The molecule has 1 fully saturated rings. The molecule has 1 aliphatic heterocycles. The molecule has 19 heavy (non-hydrogen) atoms. The summed E-state index contributed by atoms with van der Waals surface area (Å²) in [4.78, 5) is 0. The van der Waals surface area contributed by atoms with Gasteiger partial charge in [-0.05, 0) is 44.5 Å². The first-order valence-corrected chi connectivity index (χ1v) is 7.32. The van der Waals surface area contributed by atoms with E-state index < -0.39 is 0 Å². The molecule has 1 aliphatic rings. The molecule has 3 nitrogen and oxygen atoms in total. The summed E-state index contributed by atoms with van der Waals surface area (Å²) in [7, 11) is 0. The van der Waals surface area contributed by atoms with Crippen LogP contribution < -0.4 is 10.1 Å². The zero-order valence-corrected chi connectivity index (χ0v) is 12.2. The summed E-state index contributed by atoms with van der Waals surface area (Å²) in [6.45, 7) is 8.84. The average Bonchev–Trinajstić information content (AvgIpc) is 2.83. The summed E-state index contributed by atoms with van der Waals surface area (Å²) in [6.07, 6.45) is 1.50. The highest BCUT2D eigenvalue weighted by atomic mass is 16.5. The zero-order chi connectivity index (χ0) is 13.7. The number of hydrogen-bond donors (Lipinski definition) is 1. The SMILES string of the molecule is CCNC(c1cccc(OCC)c1)C1COC(C)C1. The van der Waals surface area contributed by atoms with Crippen LogP contribution in [0.15, 0.2) is 24.3 Å². The van der Waals surface area contributed by atoms with Gasteiger partial charge in [0.25, 0.3) is 0 Å². The Hall–Kier alpha value is -1.06. The van der Waals surface area contributed by atoms with Crippen molar-refractivity contribution in [3.05, 3.63) is 29.8 Å². The van der Waals surface area contributed by atoms with Gasteiger partial charge in [0.15, 0.2) is 0 Å². The number of nitrogens with one attached hydrogen (secondary N) is 1. The topological polar surface area (TPSA) is 30.5 Å². The molecule has 0 radical (unpaired) electrons. The number of rotatable bonds is 6. The first-order valence-electron chi connectivity index (χ1n) is 7.32. The smallest absolute Gasteiger partial charge is 0.119 e. The number of ether oxygens (including phenoxy) is 2. The second kappa shape index (κ2) is 6.92. The molecule has 1 aromatic rings.